The number of aliphatic hydroxyl groups excluding tert-OH is 1. The zero-order valence-electron chi connectivity index (χ0n) is 8.10. The third-order valence-electron chi connectivity index (χ3n) is 0.953. The van der Waals surface area contributed by atoms with Gasteiger partial charge in [0.15, 0.2) is 0 Å². The first-order chi connectivity index (χ1) is 4.98. The molecule has 0 amide bonds. The Bertz CT molecular complexity index is 132. The van der Waals surface area contributed by atoms with E-state index in [9.17, 15) is 0 Å². The van der Waals surface area contributed by atoms with Gasteiger partial charge in [0.2, 0.25) is 0 Å². The molecular weight excluding hydrogens is 138 g/mol. The van der Waals surface area contributed by atoms with Crippen molar-refractivity contribution in [1.82, 2.24) is 0 Å². The lowest BCUT2D eigenvalue weighted by molar-refractivity contribution is 0.403. The fourth-order valence-corrected chi connectivity index (χ4v) is 0.580. The molecule has 2 N–H and O–H groups in total. The van der Waals surface area contributed by atoms with Crippen LogP contribution in [0.1, 0.15) is 34.6 Å². The molecule has 0 aromatic rings. The van der Waals surface area contributed by atoms with Gasteiger partial charge in [0.05, 0.1) is 5.76 Å². The lowest BCUT2D eigenvalue weighted by Gasteiger charge is -2.11. The van der Waals surface area contributed by atoms with E-state index in [4.69, 9.17) is 10.5 Å². The van der Waals surface area contributed by atoms with Gasteiger partial charge in [-0.05, 0) is 13.0 Å². The Morgan fingerprint density at radius 1 is 1.36 bits per heavy atom. The lowest BCUT2D eigenvalue weighted by Crippen LogP contribution is -2.08. The molecule has 0 aromatic carbocycles. The SMILES string of the molecule is C/C(O)=C/C(C)(C)C=N.CC. The Labute approximate surface area is 69.5 Å². The van der Waals surface area contributed by atoms with E-state index in [0.29, 0.717) is 0 Å². The van der Waals surface area contributed by atoms with Crippen LogP contribution in [0.3, 0.4) is 0 Å². The van der Waals surface area contributed by atoms with E-state index in [1.54, 1.807) is 13.0 Å². The Morgan fingerprint density at radius 3 is 1.82 bits per heavy atom. The second-order valence-corrected chi connectivity index (χ2v) is 2.75. The average molecular weight is 157 g/mol. The molecule has 0 saturated carbocycles. The highest BCUT2D eigenvalue weighted by molar-refractivity contribution is 5.64. The second-order valence-electron chi connectivity index (χ2n) is 2.75. The third-order valence-corrected chi connectivity index (χ3v) is 0.953. The van der Waals surface area contributed by atoms with Crippen LogP contribution in [0.25, 0.3) is 0 Å². The van der Waals surface area contributed by atoms with Crippen LogP contribution in [0.5, 0.6) is 0 Å². The summed E-state index contributed by atoms with van der Waals surface area (Å²) in [5, 5.41) is 15.7. The summed E-state index contributed by atoms with van der Waals surface area (Å²) in [7, 11) is 0. The van der Waals surface area contributed by atoms with E-state index in [2.05, 4.69) is 0 Å². The zero-order valence-corrected chi connectivity index (χ0v) is 8.10. The quantitative estimate of drug-likeness (QED) is 0.469. The molecule has 2 heteroatoms. The van der Waals surface area contributed by atoms with Gasteiger partial charge in [-0.3, -0.25) is 0 Å². The summed E-state index contributed by atoms with van der Waals surface area (Å²) in [6.07, 6.45) is 2.94. The lowest BCUT2D eigenvalue weighted by atomic mass is 9.95. The van der Waals surface area contributed by atoms with Crippen LogP contribution in [0, 0.1) is 10.8 Å². The molecule has 0 saturated heterocycles. The molecule has 0 fully saturated rings. The Kier molecular flexibility index (Phi) is 6.96. The van der Waals surface area contributed by atoms with Gasteiger partial charge in [0.25, 0.3) is 0 Å². The van der Waals surface area contributed by atoms with Crippen LogP contribution in [0.4, 0.5) is 0 Å². The number of rotatable bonds is 2. The van der Waals surface area contributed by atoms with Gasteiger partial charge in [-0.1, -0.05) is 27.7 Å². The highest BCUT2D eigenvalue weighted by Crippen LogP contribution is 2.14. The highest BCUT2D eigenvalue weighted by atomic mass is 16.3. The van der Waals surface area contributed by atoms with E-state index in [0.717, 1.165) is 0 Å². The molecule has 11 heavy (non-hydrogen) atoms. The van der Waals surface area contributed by atoms with E-state index in [-0.39, 0.29) is 11.2 Å². The van der Waals surface area contributed by atoms with Gasteiger partial charge in [0.1, 0.15) is 0 Å². The van der Waals surface area contributed by atoms with Crippen LogP contribution in [-0.4, -0.2) is 11.3 Å². The van der Waals surface area contributed by atoms with Crippen molar-refractivity contribution >= 4 is 6.21 Å². The summed E-state index contributed by atoms with van der Waals surface area (Å²) >= 11 is 0. The normalized spacial score (nSPS) is 11.5. The maximum atomic E-state index is 8.78. The number of aliphatic hydroxyl groups is 1. The summed E-state index contributed by atoms with van der Waals surface area (Å²) in [5.74, 6) is 0.267. The molecule has 0 radical (unpaired) electrons. The van der Waals surface area contributed by atoms with Crippen molar-refractivity contribution < 1.29 is 5.11 Å². The fourth-order valence-electron chi connectivity index (χ4n) is 0.580. The first-order valence-electron chi connectivity index (χ1n) is 3.88. The van der Waals surface area contributed by atoms with E-state index in [1.807, 2.05) is 27.7 Å². The maximum Gasteiger partial charge on any atom is 0.0861 e. The predicted octanol–water partition coefficient (Wildman–Crippen LogP) is 3.15. The van der Waals surface area contributed by atoms with Crippen LogP contribution in [0.2, 0.25) is 0 Å². The minimum Gasteiger partial charge on any atom is -0.513 e. The van der Waals surface area contributed by atoms with Crippen molar-refractivity contribution in [2.75, 3.05) is 0 Å². The summed E-state index contributed by atoms with van der Waals surface area (Å²) in [6, 6.07) is 0. The minimum atomic E-state index is -0.307. The van der Waals surface area contributed by atoms with Crippen molar-refractivity contribution in [3.8, 4) is 0 Å². The fraction of sp³-hybridized carbons (Fsp3) is 0.667. The molecule has 0 heterocycles. The smallest absolute Gasteiger partial charge is 0.0861 e. The van der Waals surface area contributed by atoms with Crippen molar-refractivity contribution in [2.24, 2.45) is 5.41 Å². The molecule has 2 nitrogen and oxygen atoms in total. The summed E-state index contributed by atoms with van der Waals surface area (Å²) in [6.45, 7) is 9.32. The molecule has 0 atom stereocenters. The average Bonchev–Trinajstić information content (AvgIpc) is 1.90. The number of hydrogen-bond donors (Lipinski definition) is 2. The molecule has 0 bridgehead atoms. The maximum absolute atomic E-state index is 8.78. The largest absolute Gasteiger partial charge is 0.513 e. The number of hydrogen-bond acceptors (Lipinski definition) is 2. The van der Waals surface area contributed by atoms with Crippen molar-refractivity contribution in [2.45, 2.75) is 34.6 Å². The first-order valence-corrected chi connectivity index (χ1v) is 3.88. The van der Waals surface area contributed by atoms with Gasteiger partial charge in [0, 0.05) is 11.6 Å². The molecule has 0 spiro atoms. The van der Waals surface area contributed by atoms with E-state index in [1.165, 1.54) is 6.21 Å². The summed E-state index contributed by atoms with van der Waals surface area (Å²) in [5.41, 5.74) is -0.307. The van der Waals surface area contributed by atoms with Crippen LogP contribution in [0.15, 0.2) is 11.8 Å². The summed E-state index contributed by atoms with van der Waals surface area (Å²) in [4.78, 5) is 0. The van der Waals surface area contributed by atoms with Crippen LogP contribution >= 0.6 is 0 Å². The van der Waals surface area contributed by atoms with Crippen molar-refractivity contribution in [1.29, 1.82) is 5.41 Å². The first kappa shape index (κ1) is 12.8. The zero-order chi connectivity index (χ0) is 9.49. The Hall–Kier alpha value is -0.790. The predicted molar refractivity (Wildman–Crippen MR) is 50.3 cm³/mol. The number of nitrogens with one attached hydrogen (secondary N) is 1. The molecule has 0 rings (SSSR count). The molecule has 0 aliphatic carbocycles. The monoisotopic (exact) mass is 157 g/mol. The Balaban J connectivity index is 0. The second kappa shape index (κ2) is 5.96. The molecular formula is C9H19NO. The van der Waals surface area contributed by atoms with E-state index < -0.39 is 0 Å². The van der Waals surface area contributed by atoms with Crippen molar-refractivity contribution in [3.05, 3.63) is 11.8 Å². The standard InChI is InChI=1S/C7H13NO.C2H6/c1-6(9)4-7(2,3)5-8;1-2/h4-5,8-9H,1-3H3;1-2H3/b6-4-,8-5?;. The van der Waals surface area contributed by atoms with Crippen LogP contribution < -0.4 is 0 Å². The third kappa shape index (κ3) is 9.21. The van der Waals surface area contributed by atoms with Crippen molar-refractivity contribution in [3.63, 3.8) is 0 Å². The van der Waals surface area contributed by atoms with Gasteiger partial charge in [-0.15, -0.1) is 0 Å². The summed E-state index contributed by atoms with van der Waals surface area (Å²) < 4.78 is 0. The van der Waals surface area contributed by atoms with Gasteiger partial charge in [-0.2, -0.15) is 0 Å². The number of allylic oxidation sites excluding steroid dienone is 2. The van der Waals surface area contributed by atoms with E-state index >= 15 is 0 Å². The minimum absolute atomic E-state index is 0.267. The molecule has 0 unspecified atom stereocenters. The Morgan fingerprint density at radius 2 is 1.73 bits per heavy atom. The molecule has 0 aromatic heterocycles. The van der Waals surface area contributed by atoms with Gasteiger partial charge >= 0.3 is 0 Å². The highest BCUT2D eigenvalue weighted by Gasteiger charge is 2.09. The molecule has 0 aliphatic heterocycles. The van der Waals surface area contributed by atoms with Crippen LogP contribution in [-0.2, 0) is 0 Å². The molecule has 0 aliphatic rings. The molecule has 66 valence electrons. The van der Waals surface area contributed by atoms with Gasteiger partial charge in [-0.25, -0.2) is 0 Å². The topological polar surface area (TPSA) is 44.1 Å². The van der Waals surface area contributed by atoms with Gasteiger partial charge < -0.3 is 10.5 Å².